The van der Waals surface area contributed by atoms with Crippen molar-refractivity contribution >= 4 is 11.3 Å². The molecule has 0 bridgehead atoms. The molecule has 1 N–H and O–H groups in total. The number of ether oxygens (including phenoxy) is 1. The molecule has 2 nitrogen and oxygen atoms in total. The molecule has 21 heavy (non-hydrogen) atoms. The fourth-order valence-corrected chi connectivity index (χ4v) is 4.11. The molecule has 1 aromatic rings. The fraction of sp³-hybridized carbons (Fsp3) is 0.778. The molecule has 1 fully saturated rings. The molecule has 1 saturated carbocycles. The predicted molar refractivity (Wildman–Crippen MR) is 92.3 cm³/mol. The molecular weight excluding hydrogens is 278 g/mol. The minimum atomic E-state index is 0.122. The highest BCUT2D eigenvalue weighted by Crippen LogP contribution is 2.43. The molecule has 1 aliphatic rings. The maximum absolute atomic E-state index is 5.84. The SMILES string of the molecule is CCCNC(CC1(OC)CCC1)c1ccc(C(C)(C)C)s1. The first-order valence-electron chi connectivity index (χ1n) is 8.29. The van der Waals surface area contributed by atoms with E-state index in [1.165, 1.54) is 35.4 Å². The lowest BCUT2D eigenvalue weighted by atomic mass is 9.75. The van der Waals surface area contributed by atoms with Gasteiger partial charge in [0.2, 0.25) is 0 Å². The smallest absolute Gasteiger partial charge is 0.0697 e. The van der Waals surface area contributed by atoms with Crippen molar-refractivity contribution in [1.29, 1.82) is 0 Å². The number of hydrogen-bond acceptors (Lipinski definition) is 3. The van der Waals surface area contributed by atoms with E-state index in [2.05, 4.69) is 45.1 Å². The Kier molecular flexibility index (Phi) is 5.50. The molecule has 0 spiro atoms. The Morgan fingerprint density at radius 1 is 1.33 bits per heavy atom. The number of hydrogen-bond donors (Lipinski definition) is 1. The van der Waals surface area contributed by atoms with Crippen LogP contribution in [0, 0.1) is 0 Å². The Labute approximate surface area is 134 Å². The summed E-state index contributed by atoms with van der Waals surface area (Å²) in [5.41, 5.74) is 0.366. The van der Waals surface area contributed by atoms with Gasteiger partial charge in [0, 0.05) is 22.9 Å². The largest absolute Gasteiger partial charge is 0.378 e. The molecule has 0 radical (unpaired) electrons. The quantitative estimate of drug-likeness (QED) is 0.761. The summed E-state index contributed by atoms with van der Waals surface area (Å²) in [5.74, 6) is 0. The third-order valence-electron chi connectivity index (χ3n) is 4.62. The van der Waals surface area contributed by atoms with Gasteiger partial charge in [0.1, 0.15) is 0 Å². The van der Waals surface area contributed by atoms with Crippen LogP contribution in [0.25, 0.3) is 0 Å². The molecule has 1 heterocycles. The Balaban J connectivity index is 2.13. The maximum atomic E-state index is 5.84. The average molecular weight is 310 g/mol. The van der Waals surface area contributed by atoms with Crippen molar-refractivity contribution in [2.24, 2.45) is 0 Å². The number of nitrogens with one attached hydrogen (secondary N) is 1. The van der Waals surface area contributed by atoms with Gasteiger partial charge in [0.15, 0.2) is 0 Å². The molecule has 1 unspecified atom stereocenters. The lowest BCUT2D eigenvalue weighted by Gasteiger charge is -2.43. The Hall–Kier alpha value is -0.380. The average Bonchev–Trinajstić information content (AvgIpc) is 2.87. The minimum absolute atomic E-state index is 0.122. The van der Waals surface area contributed by atoms with E-state index in [0.717, 1.165) is 13.0 Å². The van der Waals surface area contributed by atoms with Gasteiger partial charge in [-0.05, 0) is 56.2 Å². The van der Waals surface area contributed by atoms with E-state index in [1.807, 2.05) is 18.4 Å². The van der Waals surface area contributed by atoms with Crippen molar-refractivity contribution in [3.05, 3.63) is 21.9 Å². The van der Waals surface area contributed by atoms with Gasteiger partial charge in [-0.25, -0.2) is 0 Å². The van der Waals surface area contributed by atoms with E-state index in [0.29, 0.717) is 6.04 Å². The normalized spacial score (nSPS) is 19.3. The summed E-state index contributed by atoms with van der Waals surface area (Å²) in [6.07, 6.45) is 6.02. The Bertz CT molecular complexity index is 437. The zero-order valence-electron chi connectivity index (χ0n) is 14.3. The highest BCUT2D eigenvalue weighted by atomic mass is 32.1. The fourth-order valence-electron chi connectivity index (χ4n) is 2.97. The zero-order valence-corrected chi connectivity index (χ0v) is 15.1. The van der Waals surface area contributed by atoms with Gasteiger partial charge in [0.25, 0.3) is 0 Å². The van der Waals surface area contributed by atoms with Gasteiger partial charge in [0.05, 0.1) is 5.60 Å². The van der Waals surface area contributed by atoms with Crippen LogP contribution in [-0.2, 0) is 10.2 Å². The Morgan fingerprint density at radius 3 is 2.48 bits per heavy atom. The second-order valence-electron chi connectivity index (χ2n) is 7.40. The van der Waals surface area contributed by atoms with Crippen LogP contribution in [0.15, 0.2) is 12.1 Å². The van der Waals surface area contributed by atoms with Crippen molar-refractivity contribution in [2.45, 2.75) is 76.9 Å². The van der Waals surface area contributed by atoms with Crippen LogP contribution in [0.4, 0.5) is 0 Å². The van der Waals surface area contributed by atoms with E-state index in [1.54, 1.807) is 0 Å². The molecular formula is C18H31NOS. The third-order valence-corrected chi connectivity index (χ3v) is 6.25. The van der Waals surface area contributed by atoms with Crippen molar-refractivity contribution in [2.75, 3.05) is 13.7 Å². The van der Waals surface area contributed by atoms with Crippen molar-refractivity contribution in [1.82, 2.24) is 5.32 Å². The number of rotatable bonds is 7. The van der Waals surface area contributed by atoms with E-state index in [9.17, 15) is 0 Å². The summed E-state index contributed by atoms with van der Waals surface area (Å²) >= 11 is 1.97. The monoisotopic (exact) mass is 309 g/mol. The van der Waals surface area contributed by atoms with Gasteiger partial charge in [-0.3, -0.25) is 0 Å². The van der Waals surface area contributed by atoms with Gasteiger partial charge in [-0.2, -0.15) is 0 Å². The second kappa shape index (κ2) is 6.80. The molecule has 0 amide bonds. The summed E-state index contributed by atoms with van der Waals surface area (Å²) < 4.78 is 5.84. The number of methoxy groups -OCH3 is 1. The van der Waals surface area contributed by atoms with Gasteiger partial charge >= 0.3 is 0 Å². The van der Waals surface area contributed by atoms with Crippen LogP contribution in [0.1, 0.15) is 75.6 Å². The highest BCUT2D eigenvalue weighted by molar-refractivity contribution is 7.12. The van der Waals surface area contributed by atoms with Crippen LogP contribution in [-0.4, -0.2) is 19.3 Å². The summed E-state index contributed by atoms with van der Waals surface area (Å²) in [5, 5.41) is 3.74. The van der Waals surface area contributed by atoms with E-state index < -0.39 is 0 Å². The molecule has 0 aromatic carbocycles. The van der Waals surface area contributed by atoms with E-state index in [-0.39, 0.29) is 11.0 Å². The van der Waals surface area contributed by atoms with Crippen molar-refractivity contribution in [3.63, 3.8) is 0 Å². The molecule has 1 aromatic heterocycles. The topological polar surface area (TPSA) is 21.3 Å². The second-order valence-corrected chi connectivity index (χ2v) is 8.52. The lowest BCUT2D eigenvalue weighted by Crippen LogP contribution is -2.42. The summed E-state index contributed by atoms with van der Waals surface area (Å²) in [7, 11) is 1.88. The summed E-state index contributed by atoms with van der Waals surface area (Å²) in [6, 6.07) is 5.06. The lowest BCUT2D eigenvalue weighted by molar-refractivity contribution is -0.0836. The van der Waals surface area contributed by atoms with Crippen LogP contribution in [0.2, 0.25) is 0 Å². The number of thiophene rings is 1. The van der Waals surface area contributed by atoms with Crippen LogP contribution in [0.5, 0.6) is 0 Å². The van der Waals surface area contributed by atoms with E-state index >= 15 is 0 Å². The molecule has 0 saturated heterocycles. The molecule has 120 valence electrons. The third kappa shape index (κ3) is 4.08. The first-order chi connectivity index (χ1) is 9.90. The van der Waals surface area contributed by atoms with Crippen LogP contribution in [0.3, 0.4) is 0 Å². The standard InChI is InChI=1S/C18H31NOS/c1-6-12-19-14(13-18(20-5)10-7-11-18)15-8-9-16(21-15)17(2,3)4/h8-9,14,19H,6-7,10-13H2,1-5H3. The van der Waals surface area contributed by atoms with E-state index in [4.69, 9.17) is 4.74 Å². The first kappa shape index (κ1) is 17.0. The zero-order chi connectivity index (χ0) is 15.5. The highest BCUT2D eigenvalue weighted by Gasteiger charge is 2.39. The molecule has 0 aliphatic heterocycles. The van der Waals surface area contributed by atoms with Gasteiger partial charge < -0.3 is 10.1 Å². The van der Waals surface area contributed by atoms with Gasteiger partial charge in [-0.15, -0.1) is 11.3 Å². The van der Waals surface area contributed by atoms with Crippen LogP contribution < -0.4 is 5.32 Å². The molecule has 1 aliphatic carbocycles. The van der Waals surface area contributed by atoms with Gasteiger partial charge in [-0.1, -0.05) is 27.7 Å². The Morgan fingerprint density at radius 2 is 2.05 bits per heavy atom. The molecule has 1 atom stereocenters. The summed E-state index contributed by atoms with van der Waals surface area (Å²) in [6.45, 7) is 10.2. The summed E-state index contributed by atoms with van der Waals surface area (Å²) in [4.78, 5) is 2.94. The molecule has 3 heteroatoms. The maximum Gasteiger partial charge on any atom is 0.0697 e. The molecule has 2 rings (SSSR count). The van der Waals surface area contributed by atoms with Crippen molar-refractivity contribution < 1.29 is 4.74 Å². The predicted octanol–water partition coefficient (Wildman–Crippen LogP) is 5.05. The van der Waals surface area contributed by atoms with Crippen molar-refractivity contribution in [3.8, 4) is 0 Å². The first-order valence-corrected chi connectivity index (χ1v) is 9.10. The van der Waals surface area contributed by atoms with Crippen LogP contribution >= 0.6 is 11.3 Å². The minimum Gasteiger partial charge on any atom is -0.378 e.